The largest absolute Gasteiger partial charge is 0.444 e. The maximum absolute atomic E-state index is 12.4. The topological polar surface area (TPSA) is 96.5 Å². The highest BCUT2D eigenvalue weighted by atomic mass is 79.9. The van der Waals surface area contributed by atoms with Crippen molar-refractivity contribution < 1.29 is 19.1 Å². The Morgan fingerprint density at radius 3 is 2.41 bits per heavy atom. The Balaban J connectivity index is 1.85. The molecule has 2 aromatic carbocycles. The number of ether oxygens (including phenoxy) is 1. The van der Waals surface area contributed by atoms with Gasteiger partial charge in [-0.15, -0.1) is 0 Å². The zero-order valence-electron chi connectivity index (χ0n) is 16.5. The number of anilines is 1. The van der Waals surface area contributed by atoms with Gasteiger partial charge in [0.1, 0.15) is 12.1 Å². The van der Waals surface area contributed by atoms with Crippen LogP contribution in [0.3, 0.4) is 0 Å². The van der Waals surface area contributed by atoms with Crippen molar-refractivity contribution >= 4 is 39.5 Å². The zero-order valence-corrected chi connectivity index (χ0v) is 18.1. The normalized spacial score (nSPS) is 10.8. The second-order valence-corrected chi connectivity index (χ2v) is 8.12. The van der Waals surface area contributed by atoms with E-state index in [-0.39, 0.29) is 24.9 Å². The minimum Gasteiger partial charge on any atom is -0.444 e. The highest BCUT2D eigenvalue weighted by molar-refractivity contribution is 9.10. The summed E-state index contributed by atoms with van der Waals surface area (Å²) in [5, 5.41) is 7.94. The fourth-order valence-electron chi connectivity index (χ4n) is 2.33. The highest BCUT2D eigenvalue weighted by Gasteiger charge is 2.16. The summed E-state index contributed by atoms with van der Waals surface area (Å²) < 4.78 is 5.78. The van der Waals surface area contributed by atoms with Crippen molar-refractivity contribution in [2.75, 3.05) is 11.9 Å². The number of hydrogen-bond acceptors (Lipinski definition) is 4. The molecule has 154 valence electrons. The number of benzene rings is 2. The first-order chi connectivity index (χ1) is 13.6. The smallest absolute Gasteiger partial charge is 0.408 e. The van der Waals surface area contributed by atoms with Gasteiger partial charge in [0.25, 0.3) is 5.91 Å². The molecule has 0 saturated carbocycles. The van der Waals surface area contributed by atoms with Gasteiger partial charge in [0.05, 0.1) is 5.56 Å². The van der Waals surface area contributed by atoms with E-state index in [0.717, 1.165) is 5.56 Å². The van der Waals surface area contributed by atoms with E-state index in [1.54, 1.807) is 57.2 Å². The van der Waals surface area contributed by atoms with Crippen LogP contribution in [0.5, 0.6) is 0 Å². The number of nitrogens with one attached hydrogen (secondary N) is 3. The summed E-state index contributed by atoms with van der Waals surface area (Å²) in [6.07, 6.45) is -0.649. The molecule has 0 fully saturated rings. The first-order valence-electron chi connectivity index (χ1n) is 9.02. The Labute approximate surface area is 178 Å². The van der Waals surface area contributed by atoms with Crippen LogP contribution in [0.15, 0.2) is 53.0 Å². The van der Waals surface area contributed by atoms with Gasteiger partial charge in [-0.2, -0.15) is 0 Å². The van der Waals surface area contributed by atoms with Crippen LogP contribution >= 0.6 is 15.9 Å². The second kappa shape index (κ2) is 10.1. The Bertz CT molecular complexity index is 893. The number of alkyl carbamates (subject to hydrolysis) is 1. The predicted octanol–water partition coefficient (Wildman–Crippen LogP) is 3.84. The molecule has 3 N–H and O–H groups in total. The van der Waals surface area contributed by atoms with Crippen LogP contribution in [0, 0.1) is 0 Å². The lowest BCUT2D eigenvalue weighted by Gasteiger charge is -2.19. The fourth-order valence-corrected chi connectivity index (χ4v) is 2.80. The second-order valence-electron chi connectivity index (χ2n) is 7.27. The lowest BCUT2D eigenvalue weighted by Crippen LogP contribution is -2.39. The van der Waals surface area contributed by atoms with E-state index in [1.165, 1.54) is 0 Å². The third kappa shape index (κ3) is 7.95. The molecule has 0 aromatic heterocycles. The molecule has 0 aliphatic heterocycles. The quantitative estimate of drug-likeness (QED) is 0.608. The summed E-state index contributed by atoms with van der Waals surface area (Å²) in [5.41, 5.74) is 1.32. The third-order valence-corrected chi connectivity index (χ3v) is 4.28. The summed E-state index contributed by atoms with van der Waals surface area (Å²) in [4.78, 5) is 35.9. The molecular weight excluding hydrogens is 438 g/mol. The Kier molecular flexibility index (Phi) is 7.78. The van der Waals surface area contributed by atoms with Crippen molar-refractivity contribution in [3.05, 3.63) is 64.1 Å². The Morgan fingerprint density at radius 1 is 1.00 bits per heavy atom. The average molecular weight is 462 g/mol. The molecule has 8 heteroatoms. The summed E-state index contributed by atoms with van der Waals surface area (Å²) in [6, 6.07) is 14.3. The summed E-state index contributed by atoms with van der Waals surface area (Å²) in [5.74, 6) is -0.585. The van der Waals surface area contributed by atoms with E-state index in [0.29, 0.717) is 15.7 Å². The molecule has 3 amide bonds. The maximum atomic E-state index is 12.4. The number of rotatable bonds is 6. The van der Waals surface area contributed by atoms with Crippen molar-refractivity contribution in [1.82, 2.24) is 10.6 Å². The van der Waals surface area contributed by atoms with Crippen LogP contribution in [0.25, 0.3) is 0 Å². The van der Waals surface area contributed by atoms with Gasteiger partial charge in [0.2, 0.25) is 5.91 Å². The van der Waals surface area contributed by atoms with E-state index in [4.69, 9.17) is 4.74 Å². The van der Waals surface area contributed by atoms with Gasteiger partial charge in [-0.3, -0.25) is 9.59 Å². The number of carbonyl (C=O) groups is 3. The molecule has 7 nitrogen and oxygen atoms in total. The number of amides is 3. The van der Waals surface area contributed by atoms with Gasteiger partial charge in [-0.25, -0.2) is 4.79 Å². The standard InChI is InChI=1S/C21H24BrN3O4/c1-21(2,3)29-20(28)24-13-18(26)23-12-14-7-6-8-15(11-14)25-19(27)16-9-4-5-10-17(16)22/h4-11H,12-13H2,1-3H3,(H,23,26)(H,24,28)(H,25,27). The molecule has 0 radical (unpaired) electrons. The zero-order chi connectivity index (χ0) is 21.4. The van der Waals surface area contributed by atoms with Crippen molar-refractivity contribution in [2.45, 2.75) is 32.9 Å². The van der Waals surface area contributed by atoms with Gasteiger partial charge in [0.15, 0.2) is 0 Å². The first kappa shape index (κ1) is 22.4. The van der Waals surface area contributed by atoms with E-state index in [9.17, 15) is 14.4 Å². The summed E-state index contributed by atoms with van der Waals surface area (Å²) in [7, 11) is 0. The third-order valence-electron chi connectivity index (χ3n) is 3.59. The molecule has 0 bridgehead atoms. The van der Waals surface area contributed by atoms with Crippen LogP contribution in [-0.2, 0) is 16.1 Å². The molecule has 0 heterocycles. The van der Waals surface area contributed by atoms with Gasteiger partial charge < -0.3 is 20.7 Å². The first-order valence-corrected chi connectivity index (χ1v) is 9.82. The molecule has 0 saturated heterocycles. The van der Waals surface area contributed by atoms with Crippen LogP contribution in [0.2, 0.25) is 0 Å². The lowest BCUT2D eigenvalue weighted by atomic mass is 10.1. The highest BCUT2D eigenvalue weighted by Crippen LogP contribution is 2.18. The Hall–Kier alpha value is -2.87. The van der Waals surface area contributed by atoms with Crippen LogP contribution in [0.4, 0.5) is 10.5 Å². The number of halogens is 1. The van der Waals surface area contributed by atoms with Gasteiger partial charge >= 0.3 is 6.09 Å². The number of hydrogen-bond donors (Lipinski definition) is 3. The fraction of sp³-hybridized carbons (Fsp3) is 0.286. The minimum absolute atomic E-state index is 0.187. The van der Waals surface area contributed by atoms with Crippen molar-refractivity contribution in [3.63, 3.8) is 0 Å². The van der Waals surface area contributed by atoms with Gasteiger partial charge in [0, 0.05) is 16.7 Å². The molecular formula is C21H24BrN3O4. The lowest BCUT2D eigenvalue weighted by molar-refractivity contribution is -0.120. The van der Waals surface area contributed by atoms with Gasteiger partial charge in [-0.05, 0) is 66.5 Å². The predicted molar refractivity (Wildman–Crippen MR) is 115 cm³/mol. The molecule has 2 rings (SSSR count). The molecule has 0 aliphatic carbocycles. The van der Waals surface area contributed by atoms with Crippen LogP contribution < -0.4 is 16.0 Å². The number of carbonyl (C=O) groups excluding carboxylic acids is 3. The van der Waals surface area contributed by atoms with E-state index in [2.05, 4.69) is 31.9 Å². The van der Waals surface area contributed by atoms with E-state index >= 15 is 0 Å². The molecule has 2 aromatic rings. The summed E-state index contributed by atoms with van der Waals surface area (Å²) in [6.45, 7) is 5.31. The average Bonchev–Trinajstić information content (AvgIpc) is 2.64. The maximum Gasteiger partial charge on any atom is 0.408 e. The molecule has 29 heavy (non-hydrogen) atoms. The van der Waals surface area contributed by atoms with Crippen molar-refractivity contribution in [3.8, 4) is 0 Å². The molecule has 0 spiro atoms. The SMILES string of the molecule is CC(C)(C)OC(=O)NCC(=O)NCc1cccc(NC(=O)c2ccccc2Br)c1. The van der Waals surface area contributed by atoms with Crippen molar-refractivity contribution in [1.29, 1.82) is 0 Å². The van der Waals surface area contributed by atoms with Gasteiger partial charge in [-0.1, -0.05) is 24.3 Å². The monoisotopic (exact) mass is 461 g/mol. The Morgan fingerprint density at radius 2 is 1.72 bits per heavy atom. The molecule has 0 unspecified atom stereocenters. The molecule has 0 aliphatic rings. The van der Waals surface area contributed by atoms with Crippen LogP contribution in [-0.4, -0.2) is 30.1 Å². The van der Waals surface area contributed by atoms with Crippen molar-refractivity contribution in [2.24, 2.45) is 0 Å². The molecule has 0 atom stereocenters. The summed E-state index contributed by atoms with van der Waals surface area (Å²) >= 11 is 3.36. The van der Waals surface area contributed by atoms with E-state index in [1.807, 2.05) is 12.1 Å². The minimum atomic E-state index is -0.649. The van der Waals surface area contributed by atoms with E-state index < -0.39 is 11.7 Å². The van der Waals surface area contributed by atoms with Crippen LogP contribution in [0.1, 0.15) is 36.7 Å².